The third kappa shape index (κ3) is 2.10. The Morgan fingerprint density at radius 1 is 1.53 bits per heavy atom. The van der Waals surface area contributed by atoms with E-state index >= 15 is 0 Å². The molecule has 1 aliphatic heterocycles. The number of likely N-dealkylation sites (N-methyl/N-ethyl adjacent to an activating group) is 1. The molecule has 0 radical (unpaired) electrons. The number of halogens is 1. The molecule has 1 aromatic carbocycles. The van der Waals surface area contributed by atoms with Crippen LogP contribution in [0.15, 0.2) is 18.2 Å². The van der Waals surface area contributed by atoms with Gasteiger partial charge in [0.25, 0.3) is 0 Å². The molecule has 0 atom stereocenters. The second-order valence-corrected chi connectivity index (χ2v) is 5.97. The summed E-state index contributed by atoms with van der Waals surface area (Å²) in [7, 11) is -2.02. The van der Waals surface area contributed by atoms with Crippen molar-refractivity contribution in [2.75, 3.05) is 17.9 Å². The van der Waals surface area contributed by atoms with Gasteiger partial charge in [0.1, 0.15) is 6.54 Å². The zero-order valence-corrected chi connectivity index (χ0v) is 10.7. The second-order valence-electron chi connectivity index (χ2n) is 3.67. The first kappa shape index (κ1) is 12.2. The van der Waals surface area contributed by atoms with E-state index in [0.717, 1.165) is 4.31 Å². The molecule has 1 N–H and O–H groups in total. The van der Waals surface area contributed by atoms with Gasteiger partial charge in [-0.15, -0.1) is 0 Å². The maximum Gasteiger partial charge on any atom is 0.240 e. The lowest BCUT2D eigenvalue weighted by molar-refractivity contribution is -0.119. The first-order valence-electron chi connectivity index (χ1n) is 4.94. The summed E-state index contributed by atoms with van der Waals surface area (Å²) in [5.41, 5.74) is 1.04. The SMILES string of the molecule is CNC(=O)CN1c2cccc(Cl)c2CS1(=O)=O. The molecule has 7 heteroatoms. The molecule has 1 aromatic rings. The van der Waals surface area contributed by atoms with Crippen LogP contribution in [-0.2, 0) is 20.6 Å². The lowest BCUT2D eigenvalue weighted by Gasteiger charge is -2.17. The van der Waals surface area contributed by atoms with Crippen LogP contribution in [0, 0.1) is 0 Å². The molecule has 1 aliphatic rings. The minimum absolute atomic E-state index is 0.154. The van der Waals surface area contributed by atoms with Crippen LogP contribution in [0.25, 0.3) is 0 Å². The summed E-state index contributed by atoms with van der Waals surface area (Å²) in [6.07, 6.45) is 0. The number of carbonyl (C=O) groups is 1. The van der Waals surface area contributed by atoms with Crippen molar-refractivity contribution in [2.24, 2.45) is 0 Å². The zero-order chi connectivity index (χ0) is 12.6. The summed E-state index contributed by atoms with van der Waals surface area (Å²) >= 11 is 5.94. The van der Waals surface area contributed by atoms with Gasteiger partial charge in [-0.25, -0.2) is 8.42 Å². The molecule has 0 aromatic heterocycles. The monoisotopic (exact) mass is 274 g/mol. The Morgan fingerprint density at radius 3 is 2.88 bits per heavy atom. The Morgan fingerprint density at radius 2 is 2.24 bits per heavy atom. The number of carbonyl (C=O) groups excluding carboxylic acids is 1. The van der Waals surface area contributed by atoms with Crippen LogP contribution in [0.5, 0.6) is 0 Å². The van der Waals surface area contributed by atoms with Crippen molar-refractivity contribution < 1.29 is 13.2 Å². The molecule has 0 saturated carbocycles. The fraction of sp³-hybridized carbons (Fsp3) is 0.300. The number of hydrogen-bond donors (Lipinski definition) is 1. The van der Waals surface area contributed by atoms with E-state index in [2.05, 4.69) is 5.32 Å². The van der Waals surface area contributed by atoms with Gasteiger partial charge in [-0.3, -0.25) is 9.10 Å². The highest BCUT2D eigenvalue weighted by atomic mass is 35.5. The first-order chi connectivity index (χ1) is 7.95. The Kier molecular flexibility index (Phi) is 3.01. The molecule has 5 nitrogen and oxygen atoms in total. The van der Waals surface area contributed by atoms with Gasteiger partial charge in [0.15, 0.2) is 0 Å². The smallest absolute Gasteiger partial charge is 0.240 e. The van der Waals surface area contributed by atoms with Crippen molar-refractivity contribution in [3.8, 4) is 0 Å². The third-order valence-electron chi connectivity index (χ3n) is 2.59. The minimum Gasteiger partial charge on any atom is -0.358 e. The zero-order valence-electron chi connectivity index (χ0n) is 9.10. The van der Waals surface area contributed by atoms with Gasteiger partial charge in [-0.2, -0.15) is 0 Å². The van der Waals surface area contributed by atoms with E-state index in [1.54, 1.807) is 18.2 Å². The average molecular weight is 275 g/mol. The van der Waals surface area contributed by atoms with Crippen molar-refractivity contribution in [1.82, 2.24) is 5.32 Å². The molecule has 1 amide bonds. The van der Waals surface area contributed by atoms with E-state index in [0.29, 0.717) is 16.3 Å². The van der Waals surface area contributed by atoms with Crippen molar-refractivity contribution >= 4 is 33.2 Å². The van der Waals surface area contributed by atoms with Gasteiger partial charge in [-0.1, -0.05) is 17.7 Å². The molecular formula is C10H11ClN2O3S. The number of hydrogen-bond acceptors (Lipinski definition) is 3. The number of rotatable bonds is 2. The highest BCUT2D eigenvalue weighted by molar-refractivity contribution is 7.92. The van der Waals surface area contributed by atoms with Crippen LogP contribution in [-0.4, -0.2) is 27.9 Å². The van der Waals surface area contributed by atoms with E-state index in [-0.39, 0.29) is 18.2 Å². The highest BCUT2D eigenvalue weighted by Crippen LogP contribution is 2.37. The van der Waals surface area contributed by atoms with Crippen LogP contribution in [0.4, 0.5) is 5.69 Å². The summed E-state index contributed by atoms with van der Waals surface area (Å²) in [5.74, 6) is -0.514. The number of fused-ring (bicyclic) bond motifs is 1. The van der Waals surface area contributed by atoms with Crippen LogP contribution in [0.2, 0.25) is 5.02 Å². The summed E-state index contributed by atoms with van der Waals surface area (Å²) in [6.45, 7) is -0.216. The van der Waals surface area contributed by atoms with E-state index in [1.165, 1.54) is 7.05 Å². The lowest BCUT2D eigenvalue weighted by Crippen LogP contribution is -2.37. The van der Waals surface area contributed by atoms with E-state index in [4.69, 9.17) is 11.6 Å². The van der Waals surface area contributed by atoms with Crippen LogP contribution in [0.1, 0.15) is 5.56 Å². The normalized spacial score (nSPS) is 16.7. The Hall–Kier alpha value is -1.27. The summed E-state index contributed by atoms with van der Waals surface area (Å²) < 4.78 is 24.9. The van der Waals surface area contributed by atoms with Gasteiger partial charge < -0.3 is 5.32 Å². The van der Waals surface area contributed by atoms with E-state index in [1.807, 2.05) is 0 Å². The van der Waals surface area contributed by atoms with Gasteiger partial charge in [0, 0.05) is 17.6 Å². The molecule has 0 saturated heterocycles. The molecule has 0 unspecified atom stereocenters. The molecule has 0 spiro atoms. The van der Waals surface area contributed by atoms with Gasteiger partial charge in [-0.05, 0) is 12.1 Å². The van der Waals surface area contributed by atoms with Gasteiger partial charge in [0.2, 0.25) is 15.9 Å². The standard InChI is InChI=1S/C10H11ClN2O3S/c1-12-10(14)5-13-9-4-2-3-8(11)7(9)6-17(13,15)16/h2-4H,5-6H2,1H3,(H,12,14). The van der Waals surface area contributed by atoms with Crippen molar-refractivity contribution in [1.29, 1.82) is 0 Å². The number of amides is 1. The number of nitrogens with zero attached hydrogens (tertiary/aromatic N) is 1. The number of nitrogens with one attached hydrogen (secondary N) is 1. The third-order valence-corrected chi connectivity index (χ3v) is 4.60. The molecule has 92 valence electrons. The van der Waals surface area contributed by atoms with Crippen molar-refractivity contribution in [3.63, 3.8) is 0 Å². The fourth-order valence-electron chi connectivity index (χ4n) is 1.73. The Bertz CT molecular complexity index is 571. The predicted octanol–water partition coefficient (Wildman–Crippen LogP) is 0.736. The van der Waals surface area contributed by atoms with Crippen molar-refractivity contribution in [2.45, 2.75) is 5.75 Å². The topological polar surface area (TPSA) is 66.5 Å². The summed E-state index contributed by atoms with van der Waals surface area (Å²) in [4.78, 5) is 11.3. The Balaban J connectivity index is 2.46. The molecule has 0 aliphatic carbocycles. The lowest BCUT2D eigenvalue weighted by atomic mass is 10.2. The molecule has 2 rings (SSSR count). The predicted molar refractivity (Wildman–Crippen MR) is 65.5 cm³/mol. The molecule has 17 heavy (non-hydrogen) atoms. The maximum atomic E-state index is 11.9. The summed E-state index contributed by atoms with van der Waals surface area (Å²) in [6, 6.07) is 4.95. The van der Waals surface area contributed by atoms with Crippen LogP contribution < -0.4 is 9.62 Å². The molecule has 0 fully saturated rings. The average Bonchev–Trinajstić information content (AvgIpc) is 2.53. The minimum atomic E-state index is -3.49. The first-order valence-corrected chi connectivity index (χ1v) is 6.93. The molecule has 0 bridgehead atoms. The van der Waals surface area contributed by atoms with Gasteiger partial charge >= 0.3 is 0 Å². The maximum absolute atomic E-state index is 11.9. The number of anilines is 1. The van der Waals surface area contributed by atoms with E-state index < -0.39 is 10.0 Å². The quantitative estimate of drug-likeness (QED) is 0.865. The summed E-state index contributed by atoms with van der Waals surface area (Å²) in [5, 5.41) is 2.80. The number of benzene rings is 1. The second kappa shape index (κ2) is 4.19. The molecular weight excluding hydrogens is 264 g/mol. The highest BCUT2D eigenvalue weighted by Gasteiger charge is 2.35. The number of sulfonamides is 1. The fourth-order valence-corrected chi connectivity index (χ4v) is 3.65. The largest absolute Gasteiger partial charge is 0.358 e. The van der Waals surface area contributed by atoms with E-state index in [9.17, 15) is 13.2 Å². The molecule has 1 heterocycles. The van der Waals surface area contributed by atoms with Crippen LogP contribution >= 0.6 is 11.6 Å². The van der Waals surface area contributed by atoms with Crippen LogP contribution in [0.3, 0.4) is 0 Å². The van der Waals surface area contributed by atoms with Gasteiger partial charge in [0.05, 0.1) is 11.4 Å². The Labute approximate surface area is 104 Å². The van der Waals surface area contributed by atoms with Crippen molar-refractivity contribution in [3.05, 3.63) is 28.8 Å².